The maximum Gasteiger partial charge on any atom is 0.326 e. The van der Waals surface area contributed by atoms with Gasteiger partial charge in [-0.2, -0.15) is 0 Å². The van der Waals surface area contributed by atoms with Crippen molar-refractivity contribution in [2.45, 2.75) is 65.3 Å². The summed E-state index contributed by atoms with van der Waals surface area (Å²) < 4.78 is 0. The van der Waals surface area contributed by atoms with Gasteiger partial charge in [0.05, 0.1) is 0 Å². The Balaban J connectivity index is 2.68. The standard InChI is InChI=1S/C14H25NO3/c1-4-14(7-5-6-8-14)13(18)15-11(12(16)17)9-10(2)3/h10-11H,4-9H2,1-3H3,(H,15,18)(H,16,17). The van der Waals surface area contributed by atoms with E-state index in [9.17, 15) is 9.59 Å². The van der Waals surface area contributed by atoms with E-state index in [1.165, 1.54) is 0 Å². The largest absolute Gasteiger partial charge is 0.480 e. The Kier molecular flexibility index (Phi) is 5.17. The summed E-state index contributed by atoms with van der Waals surface area (Å²) in [6, 6.07) is -0.749. The van der Waals surface area contributed by atoms with Gasteiger partial charge in [-0.05, 0) is 31.6 Å². The quantitative estimate of drug-likeness (QED) is 0.766. The van der Waals surface area contributed by atoms with E-state index in [1.54, 1.807) is 0 Å². The van der Waals surface area contributed by atoms with Crippen LogP contribution < -0.4 is 5.32 Å². The Morgan fingerprint density at radius 2 is 1.83 bits per heavy atom. The van der Waals surface area contributed by atoms with Crippen LogP contribution in [0.15, 0.2) is 0 Å². The summed E-state index contributed by atoms with van der Waals surface area (Å²) in [6.45, 7) is 5.95. The lowest BCUT2D eigenvalue weighted by Crippen LogP contribution is -2.48. The highest BCUT2D eigenvalue weighted by Crippen LogP contribution is 2.41. The van der Waals surface area contributed by atoms with Crippen LogP contribution in [-0.4, -0.2) is 23.0 Å². The fourth-order valence-electron chi connectivity index (χ4n) is 2.80. The highest BCUT2D eigenvalue weighted by Gasteiger charge is 2.40. The Hall–Kier alpha value is -1.06. The minimum Gasteiger partial charge on any atom is -0.480 e. The third kappa shape index (κ3) is 3.47. The van der Waals surface area contributed by atoms with Gasteiger partial charge in [0.15, 0.2) is 0 Å². The first kappa shape index (κ1) is 15.0. The molecule has 0 saturated heterocycles. The Morgan fingerprint density at radius 1 is 1.28 bits per heavy atom. The number of aliphatic carboxylic acids is 1. The second kappa shape index (κ2) is 6.21. The zero-order chi connectivity index (χ0) is 13.8. The van der Waals surface area contributed by atoms with Gasteiger partial charge in [-0.3, -0.25) is 4.79 Å². The second-order valence-corrected chi connectivity index (χ2v) is 5.83. The Labute approximate surface area is 109 Å². The number of carboxylic acid groups (broad SMARTS) is 1. The fourth-order valence-corrected chi connectivity index (χ4v) is 2.80. The van der Waals surface area contributed by atoms with Gasteiger partial charge in [-0.25, -0.2) is 4.79 Å². The molecule has 0 aromatic heterocycles. The van der Waals surface area contributed by atoms with Crippen LogP contribution in [-0.2, 0) is 9.59 Å². The summed E-state index contributed by atoms with van der Waals surface area (Å²) in [6.07, 6.45) is 5.22. The van der Waals surface area contributed by atoms with Crippen molar-refractivity contribution in [2.75, 3.05) is 0 Å². The van der Waals surface area contributed by atoms with Crippen molar-refractivity contribution in [3.63, 3.8) is 0 Å². The molecule has 1 atom stereocenters. The normalized spacial score (nSPS) is 19.8. The average Bonchev–Trinajstić information content (AvgIpc) is 2.77. The molecule has 0 aromatic rings. The maximum absolute atomic E-state index is 12.3. The molecular weight excluding hydrogens is 230 g/mol. The summed E-state index contributed by atoms with van der Waals surface area (Å²) >= 11 is 0. The number of rotatable bonds is 6. The summed E-state index contributed by atoms with van der Waals surface area (Å²) in [5, 5.41) is 11.9. The molecule has 1 aliphatic carbocycles. The van der Waals surface area contributed by atoms with Crippen LogP contribution in [0.4, 0.5) is 0 Å². The summed E-state index contributed by atoms with van der Waals surface area (Å²) in [4.78, 5) is 23.5. The van der Waals surface area contributed by atoms with Crippen LogP contribution in [0.2, 0.25) is 0 Å². The van der Waals surface area contributed by atoms with Crippen molar-refractivity contribution in [3.8, 4) is 0 Å². The van der Waals surface area contributed by atoms with E-state index in [-0.39, 0.29) is 17.2 Å². The third-order valence-corrected chi connectivity index (χ3v) is 4.03. The monoisotopic (exact) mass is 255 g/mol. The lowest BCUT2D eigenvalue weighted by Gasteiger charge is -2.28. The van der Waals surface area contributed by atoms with E-state index in [4.69, 9.17) is 5.11 Å². The molecule has 4 nitrogen and oxygen atoms in total. The number of nitrogens with one attached hydrogen (secondary N) is 1. The molecule has 18 heavy (non-hydrogen) atoms. The molecule has 1 aliphatic rings. The van der Waals surface area contributed by atoms with Crippen molar-refractivity contribution in [1.29, 1.82) is 0 Å². The molecule has 1 amide bonds. The van der Waals surface area contributed by atoms with Crippen LogP contribution in [0.3, 0.4) is 0 Å². The zero-order valence-corrected chi connectivity index (χ0v) is 11.7. The topological polar surface area (TPSA) is 66.4 Å². The molecule has 0 aliphatic heterocycles. The number of carbonyl (C=O) groups is 2. The van der Waals surface area contributed by atoms with Crippen LogP contribution in [0.1, 0.15) is 59.3 Å². The number of hydrogen-bond acceptors (Lipinski definition) is 2. The van der Waals surface area contributed by atoms with E-state index in [1.807, 2.05) is 20.8 Å². The first-order chi connectivity index (χ1) is 8.41. The van der Waals surface area contributed by atoms with Gasteiger partial charge in [0, 0.05) is 5.41 Å². The minimum absolute atomic E-state index is 0.0597. The zero-order valence-electron chi connectivity index (χ0n) is 11.7. The number of carboxylic acids is 1. The van der Waals surface area contributed by atoms with Crippen molar-refractivity contribution in [1.82, 2.24) is 5.32 Å². The van der Waals surface area contributed by atoms with Crippen molar-refractivity contribution < 1.29 is 14.7 Å². The van der Waals surface area contributed by atoms with E-state index in [0.717, 1.165) is 32.1 Å². The highest BCUT2D eigenvalue weighted by molar-refractivity contribution is 5.87. The number of hydrogen-bond donors (Lipinski definition) is 2. The Morgan fingerprint density at radius 3 is 2.22 bits per heavy atom. The van der Waals surface area contributed by atoms with Gasteiger partial charge in [0.1, 0.15) is 6.04 Å². The van der Waals surface area contributed by atoms with Crippen molar-refractivity contribution >= 4 is 11.9 Å². The number of carbonyl (C=O) groups excluding carboxylic acids is 1. The first-order valence-corrected chi connectivity index (χ1v) is 6.95. The molecule has 104 valence electrons. The SMILES string of the molecule is CCC1(C(=O)NC(CC(C)C)C(=O)O)CCCC1. The van der Waals surface area contributed by atoms with Gasteiger partial charge in [0.25, 0.3) is 0 Å². The molecule has 2 N–H and O–H groups in total. The third-order valence-electron chi connectivity index (χ3n) is 4.03. The van der Waals surface area contributed by atoms with Crippen LogP contribution in [0.5, 0.6) is 0 Å². The van der Waals surface area contributed by atoms with E-state index < -0.39 is 12.0 Å². The van der Waals surface area contributed by atoms with Crippen LogP contribution in [0.25, 0.3) is 0 Å². The van der Waals surface area contributed by atoms with Gasteiger partial charge < -0.3 is 10.4 Å². The summed E-state index contributed by atoms with van der Waals surface area (Å²) in [5.74, 6) is -0.732. The van der Waals surface area contributed by atoms with Crippen molar-refractivity contribution in [2.24, 2.45) is 11.3 Å². The van der Waals surface area contributed by atoms with Gasteiger partial charge >= 0.3 is 5.97 Å². The van der Waals surface area contributed by atoms with Crippen molar-refractivity contribution in [3.05, 3.63) is 0 Å². The summed E-state index contributed by atoms with van der Waals surface area (Å²) in [5.41, 5.74) is -0.315. The van der Waals surface area contributed by atoms with Crippen LogP contribution >= 0.6 is 0 Å². The summed E-state index contributed by atoms with van der Waals surface area (Å²) in [7, 11) is 0. The molecular formula is C14H25NO3. The predicted molar refractivity (Wildman–Crippen MR) is 70.2 cm³/mol. The molecule has 0 bridgehead atoms. The molecule has 1 rings (SSSR count). The molecule has 0 heterocycles. The molecule has 1 saturated carbocycles. The van der Waals surface area contributed by atoms with E-state index in [2.05, 4.69) is 5.32 Å². The van der Waals surface area contributed by atoms with Gasteiger partial charge in [-0.15, -0.1) is 0 Å². The van der Waals surface area contributed by atoms with Gasteiger partial charge in [-0.1, -0.05) is 33.6 Å². The minimum atomic E-state index is -0.929. The first-order valence-electron chi connectivity index (χ1n) is 6.95. The molecule has 0 aromatic carbocycles. The smallest absolute Gasteiger partial charge is 0.326 e. The molecule has 1 unspecified atom stereocenters. The molecule has 1 fully saturated rings. The maximum atomic E-state index is 12.3. The fraction of sp³-hybridized carbons (Fsp3) is 0.857. The average molecular weight is 255 g/mol. The number of amides is 1. The van der Waals surface area contributed by atoms with Gasteiger partial charge in [0.2, 0.25) is 5.91 Å². The lowest BCUT2D eigenvalue weighted by molar-refractivity contribution is -0.144. The molecule has 0 radical (unpaired) electrons. The van der Waals surface area contributed by atoms with E-state index >= 15 is 0 Å². The lowest BCUT2D eigenvalue weighted by atomic mass is 9.82. The molecule has 4 heteroatoms. The van der Waals surface area contributed by atoms with E-state index in [0.29, 0.717) is 6.42 Å². The second-order valence-electron chi connectivity index (χ2n) is 5.83. The van der Waals surface area contributed by atoms with Crippen LogP contribution in [0, 0.1) is 11.3 Å². The Bertz CT molecular complexity index is 306. The highest BCUT2D eigenvalue weighted by atomic mass is 16.4. The molecule has 0 spiro atoms. The predicted octanol–water partition coefficient (Wildman–Crippen LogP) is 2.57.